The van der Waals surface area contributed by atoms with Crippen LogP contribution in [-0.2, 0) is 6.42 Å². The third-order valence-electron chi connectivity index (χ3n) is 2.86. The number of aromatic nitrogens is 2. The second kappa shape index (κ2) is 6.22. The highest BCUT2D eigenvalue weighted by Gasteiger charge is 2.13. The highest BCUT2D eigenvalue weighted by Crippen LogP contribution is 2.32. The van der Waals surface area contributed by atoms with Gasteiger partial charge in [0, 0.05) is 5.56 Å². The van der Waals surface area contributed by atoms with E-state index in [9.17, 15) is 5.26 Å². The summed E-state index contributed by atoms with van der Waals surface area (Å²) in [5.41, 5.74) is 1.84. The van der Waals surface area contributed by atoms with Gasteiger partial charge in [-0.2, -0.15) is 5.26 Å². The monoisotopic (exact) mass is 288 g/mol. The van der Waals surface area contributed by atoms with Gasteiger partial charge in [-0.3, -0.25) is 0 Å². The smallest absolute Gasteiger partial charge is 0.143 e. The Bertz CT molecular complexity index is 667. The van der Waals surface area contributed by atoms with Gasteiger partial charge >= 0.3 is 0 Å². The van der Waals surface area contributed by atoms with E-state index in [0.717, 1.165) is 5.56 Å². The van der Waals surface area contributed by atoms with Crippen LogP contribution in [0.15, 0.2) is 24.5 Å². The number of nitriles is 1. The van der Waals surface area contributed by atoms with E-state index < -0.39 is 0 Å². The third-order valence-corrected chi connectivity index (χ3v) is 3.18. The Kier molecular flexibility index (Phi) is 4.38. The van der Waals surface area contributed by atoms with Crippen LogP contribution in [0.2, 0.25) is 5.15 Å². The first-order valence-electron chi connectivity index (χ1n) is 6.04. The number of halogens is 1. The zero-order valence-electron chi connectivity index (χ0n) is 11.1. The molecule has 5 nitrogen and oxygen atoms in total. The number of methoxy groups -OCH3 is 1. The van der Waals surface area contributed by atoms with Gasteiger partial charge in [0.15, 0.2) is 0 Å². The molecule has 0 spiro atoms. The molecular formula is C14H13ClN4O. The first kappa shape index (κ1) is 14.1. The van der Waals surface area contributed by atoms with Crippen LogP contribution in [0.1, 0.15) is 18.1 Å². The Morgan fingerprint density at radius 1 is 1.40 bits per heavy atom. The first-order chi connectivity index (χ1) is 9.71. The number of para-hydroxylation sites is 1. The molecule has 0 fully saturated rings. The van der Waals surface area contributed by atoms with Crippen molar-refractivity contribution < 1.29 is 4.74 Å². The van der Waals surface area contributed by atoms with Crippen LogP contribution in [-0.4, -0.2) is 17.1 Å². The van der Waals surface area contributed by atoms with Gasteiger partial charge in [0.1, 0.15) is 34.8 Å². The average molecular weight is 289 g/mol. The highest BCUT2D eigenvalue weighted by atomic mass is 35.5. The number of nitrogens with zero attached hydrogens (tertiary/aromatic N) is 3. The molecule has 1 N–H and O–H groups in total. The van der Waals surface area contributed by atoms with Crippen molar-refractivity contribution in [2.24, 2.45) is 0 Å². The van der Waals surface area contributed by atoms with Crippen molar-refractivity contribution in [3.63, 3.8) is 0 Å². The number of ether oxygens (including phenoxy) is 1. The van der Waals surface area contributed by atoms with E-state index in [1.165, 1.54) is 6.33 Å². The van der Waals surface area contributed by atoms with Crippen LogP contribution in [0.4, 0.5) is 11.5 Å². The van der Waals surface area contributed by atoms with Gasteiger partial charge in [0.05, 0.1) is 12.7 Å². The standard InChI is InChI=1S/C14H13ClN4O/c1-3-10-13(15)17-8-18-14(10)19-12-9(7-16)5-4-6-11(12)20-2/h4-6,8H,3H2,1-2H3,(H,17,18,19). The van der Waals surface area contributed by atoms with Crippen molar-refractivity contribution in [3.8, 4) is 11.8 Å². The summed E-state index contributed by atoms with van der Waals surface area (Å²) in [5.74, 6) is 1.15. The Labute approximate surface area is 122 Å². The van der Waals surface area contributed by atoms with Crippen LogP contribution in [0.3, 0.4) is 0 Å². The van der Waals surface area contributed by atoms with Gasteiger partial charge in [-0.15, -0.1) is 0 Å². The lowest BCUT2D eigenvalue weighted by molar-refractivity contribution is 0.416. The molecule has 1 heterocycles. The molecule has 0 bridgehead atoms. The van der Waals surface area contributed by atoms with Crippen LogP contribution in [0.5, 0.6) is 5.75 Å². The fourth-order valence-electron chi connectivity index (χ4n) is 1.85. The zero-order valence-corrected chi connectivity index (χ0v) is 11.9. The lowest BCUT2D eigenvalue weighted by atomic mass is 10.1. The van der Waals surface area contributed by atoms with E-state index in [2.05, 4.69) is 21.4 Å². The molecular weight excluding hydrogens is 276 g/mol. The molecule has 0 amide bonds. The van der Waals surface area contributed by atoms with E-state index in [4.69, 9.17) is 16.3 Å². The lowest BCUT2D eigenvalue weighted by Gasteiger charge is -2.14. The van der Waals surface area contributed by atoms with Crippen LogP contribution >= 0.6 is 11.6 Å². The Morgan fingerprint density at radius 3 is 2.85 bits per heavy atom. The molecule has 0 aliphatic heterocycles. The number of hydrogen-bond donors (Lipinski definition) is 1. The number of rotatable bonds is 4. The molecule has 0 atom stereocenters. The molecule has 102 valence electrons. The predicted molar refractivity (Wildman–Crippen MR) is 77.4 cm³/mol. The SMILES string of the molecule is CCc1c(Cl)ncnc1Nc1c(C#N)cccc1OC. The Balaban J connectivity index is 2.50. The van der Waals surface area contributed by atoms with Crippen LogP contribution < -0.4 is 10.1 Å². The summed E-state index contributed by atoms with van der Waals surface area (Å²) in [6.07, 6.45) is 2.06. The minimum Gasteiger partial charge on any atom is -0.495 e. The van der Waals surface area contributed by atoms with Gasteiger partial charge in [-0.05, 0) is 18.6 Å². The summed E-state index contributed by atoms with van der Waals surface area (Å²) < 4.78 is 5.27. The summed E-state index contributed by atoms with van der Waals surface area (Å²) >= 11 is 6.06. The van der Waals surface area contributed by atoms with E-state index in [0.29, 0.717) is 34.4 Å². The predicted octanol–water partition coefficient (Wildman–Crippen LogP) is 3.32. The molecule has 2 aromatic rings. The van der Waals surface area contributed by atoms with Crippen molar-refractivity contribution in [2.75, 3.05) is 12.4 Å². The molecule has 0 aliphatic rings. The van der Waals surface area contributed by atoms with Gasteiger partial charge < -0.3 is 10.1 Å². The van der Waals surface area contributed by atoms with Gasteiger partial charge in [0.2, 0.25) is 0 Å². The summed E-state index contributed by atoms with van der Waals surface area (Å²) in [5, 5.41) is 12.7. The summed E-state index contributed by atoms with van der Waals surface area (Å²) in [6.45, 7) is 1.96. The first-order valence-corrected chi connectivity index (χ1v) is 6.42. The fourth-order valence-corrected chi connectivity index (χ4v) is 2.12. The molecule has 0 radical (unpaired) electrons. The van der Waals surface area contributed by atoms with E-state index >= 15 is 0 Å². The van der Waals surface area contributed by atoms with Crippen molar-refractivity contribution >= 4 is 23.1 Å². The highest BCUT2D eigenvalue weighted by molar-refractivity contribution is 6.30. The molecule has 0 saturated heterocycles. The largest absolute Gasteiger partial charge is 0.495 e. The number of hydrogen-bond acceptors (Lipinski definition) is 5. The number of anilines is 2. The van der Waals surface area contributed by atoms with Crippen LogP contribution in [0, 0.1) is 11.3 Å². The molecule has 2 rings (SSSR count). The van der Waals surface area contributed by atoms with Crippen molar-refractivity contribution in [1.82, 2.24) is 9.97 Å². The third kappa shape index (κ3) is 2.65. The summed E-state index contributed by atoms with van der Waals surface area (Å²) in [6, 6.07) is 7.37. The van der Waals surface area contributed by atoms with Gasteiger partial charge in [0.25, 0.3) is 0 Å². The molecule has 6 heteroatoms. The van der Waals surface area contributed by atoms with Crippen LogP contribution in [0.25, 0.3) is 0 Å². The zero-order chi connectivity index (χ0) is 14.5. The Hall–Kier alpha value is -2.32. The average Bonchev–Trinajstić information content (AvgIpc) is 2.47. The molecule has 0 unspecified atom stereocenters. The fraction of sp³-hybridized carbons (Fsp3) is 0.214. The van der Waals surface area contributed by atoms with Gasteiger partial charge in [-0.25, -0.2) is 9.97 Å². The lowest BCUT2D eigenvalue weighted by Crippen LogP contribution is -2.03. The summed E-state index contributed by atoms with van der Waals surface area (Å²) in [7, 11) is 1.55. The second-order valence-corrected chi connectivity index (χ2v) is 4.32. The minimum absolute atomic E-state index is 0.401. The Morgan fingerprint density at radius 2 is 2.20 bits per heavy atom. The molecule has 1 aromatic carbocycles. The van der Waals surface area contributed by atoms with E-state index in [-0.39, 0.29) is 0 Å². The maximum atomic E-state index is 9.19. The normalized spacial score (nSPS) is 9.90. The maximum Gasteiger partial charge on any atom is 0.143 e. The van der Waals surface area contributed by atoms with E-state index in [1.807, 2.05) is 6.92 Å². The second-order valence-electron chi connectivity index (χ2n) is 3.96. The molecule has 1 aromatic heterocycles. The van der Waals surface area contributed by atoms with Gasteiger partial charge in [-0.1, -0.05) is 24.6 Å². The maximum absolute atomic E-state index is 9.19. The number of nitrogens with one attached hydrogen (secondary N) is 1. The molecule has 0 aliphatic carbocycles. The van der Waals surface area contributed by atoms with Crippen molar-refractivity contribution in [3.05, 3.63) is 40.8 Å². The summed E-state index contributed by atoms with van der Waals surface area (Å²) in [4.78, 5) is 8.14. The van der Waals surface area contributed by atoms with Crippen molar-refractivity contribution in [1.29, 1.82) is 5.26 Å². The quantitative estimate of drug-likeness (QED) is 0.874. The van der Waals surface area contributed by atoms with E-state index in [1.54, 1.807) is 25.3 Å². The minimum atomic E-state index is 0.401. The topological polar surface area (TPSA) is 70.8 Å². The molecule has 0 saturated carbocycles. The van der Waals surface area contributed by atoms with Crippen molar-refractivity contribution in [2.45, 2.75) is 13.3 Å². The molecule has 20 heavy (non-hydrogen) atoms. The number of benzene rings is 1.